The summed E-state index contributed by atoms with van der Waals surface area (Å²) in [5.41, 5.74) is 1.14. The third-order valence-electron chi connectivity index (χ3n) is 2.97. The second-order valence-corrected chi connectivity index (χ2v) is 5.48. The molecule has 0 aromatic heterocycles. The number of nitrogens with zero attached hydrogens (tertiary/aromatic N) is 1. The zero-order valence-corrected chi connectivity index (χ0v) is 12.8. The molecular weight excluding hydrogens is 292 g/mol. The van der Waals surface area contributed by atoms with Crippen molar-refractivity contribution in [3.63, 3.8) is 0 Å². The van der Waals surface area contributed by atoms with Crippen LogP contribution in [0.25, 0.3) is 0 Å². The Kier molecular flexibility index (Phi) is 6.36. The van der Waals surface area contributed by atoms with Crippen LogP contribution in [0.3, 0.4) is 0 Å². The fraction of sp³-hybridized carbons (Fsp3) is 0.500. The summed E-state index contributed by atoms with van der Waals surface area (Å²) >= 11 is 3.40. The lowest BCUT2D eigenvalue weighted by Gasteiger charge is -2.19. The highest BCUT2D eigenvalue weighted by Gasteiger charge is 2.10. The van der Waals surface area contributed by atoms with E-state index in [1.807, 2.05) is 31.3 Å². The van der Waals surface area contributed by atoms with Crippen molar-refractivity contribution in [1.82, 2.24) is 10.2 Å². The summed E-state index contributed by atoms with van der Waals surface area (Å²) in [4.78, 5) is 13.6. The molecule has 0 bridgehead atoms. The van der Waals surface area contributed by atoms with E-state index in [0.717, 1.165) is 16.5 Å². The minimum atomic E-state index is 0.123. The van der Waals surface area contributed by atoms with E-state index in [2.05, 4.69) is 35.1 Å². The number of hydrogen-bond donors (Lipinski definition) is 1. The molecule has 1 aromatic rings. The van der Waals surface area contributed by atoms with Crippen molar-refractivity contribution in [1.29, 1.82) is 0 Å². The Labute approximate surface area is 118 Å². The predicted octanol–water partition coefficient (Wildman–Crippen LogP) is 2.80. The van der Waals surface area contributed by atoms with Crippen molar-refractivity contribution >= 4 is 21.8 Å². The lowest BCUT2D eigenvalue weighted by molar-refractivity contribution is -0.129. The first kappa shape index (κ1) is 15.2. The van der Waals surface area contributed by atoms with E-state index >= 15 is 0 Å². The zero-order valence-electron chi connectivity index (χ0n) is 11.2. The van der Waals surface area contributed by atoms with Crippen LogP contribution >= 0.6 is 15.9 Å². The molecule has 1 N–H and O–H groups in total. The first-order valence-corrected chi connectivity index (χ1v) is 7.04. The molecule has 3 nitrogen and oxygen atoms in total. The smallest absolute Gasteiger partial charge is 0.236 e. The number of rotatable bonds is 6. The molecule has 0 fully saturated rings. The molecule has 100 valence electrons. The molecule has 1 atom stereocenters. The Morgan fingerprint density at radius 2 is 2.00 bits per heavy atom. The zero-order chi connectivity index (χ0) is 13.5. The topological polar surface area (TPSA) is 32.3 Å². The van der Waals surface area contributed by atoms with Gasteiger partial charge < -0.3 is 10.2 Å². The van der Waals surface area contributed by atoms with Gasteiger partial charge >= 0.3 is 0 Å². The summed E-state index contributed by atoms with van der Waals surface area (Å²) in [6.07, 6.45) is 1.03. The van der Waals surface area contributed by atoms with Gasteiger partial charge in [-0.2, -0.15) is 0 Å². The predicted molar refractivity (Wildman–Crippen MR) is 78.4 cm³/mol. The quantitative estimate of drug-likeness (QED) is 0.876. The molecule has 1 unspecified atom stereocenters. The molecular formula is C14H21BrN2O. The van der Waals surface area contributed by atoms with E-state index in [9.17, 15) is 4.79 Å². The van der Waals surface area contributed by atoms with Gasteiger partial charge in [-0.05, 0) is 31.0 Å². The molecule has 0 aliphatic rings. The Morgan fingerprint density at radius 3 is 2.56 bits per heavy atom. The van der Waals surface area contributed by atoms with Crippen LogP contribution in [0.4, 0.5) is 0 Å². The lowest BCUT2D eigenvalue weighted by Crippen LogP contribution is -2.38. The van der Waals surface area contributed by atoms with E-state index in [1.165, 1.54) is 0 Å². The van der Waals surface area contributed by atoms with Crippen molar-refractivity contribution in [2.24, 2.45) is 0 Å². The Hall–Kier alpha value is -0.870. The van der Waals surface area contributed by atoms with Crippen molar-refractivity contribution in [3.8, 4) is 0 Å². The molecule has 0 saturated heterocycles. The highest BCUT2D eigenvalue weighted by atomic mass is 79.9. The van der Waals surface area contributed by atoms with E-state index in [-0.39, 0.29) is 5.91 Å². The maximum absolute atomic E-state index is 11.9. The molecule has 0 heterocycles. The number of likely N-dealkylation sites (N-methyl/N-ethyl adjacent to an activating group) is 1. The Morgan fingerprint density at radius 1 is 1.39 bits per heavy atom. The van der Waals surface area contributed by atoms with Crippen LogP contribution in [0.5, 0.6) is 0 Å². The summed E-state index contributed by atoms with van der Waals surface area (Å²) in [5.74, 6) is 0.123. The summed E-state index contributed by atoms with van der Waals surface area (Å²) in [7, 11) is 1.84. The maximum Gasteiger partial charge on any atom is 0.236 e. The van der Waals surface area contributed by atoms with Crippen molar-refractivity contribution < 1.29 is 4.79 Å². The van der Waals surface area contributed by atoms with Crippen molar-refractivity contribution in [2.45, 2.75) is 32.9 Å². The lowest BCUT2D eigenvalue weighted by atomic mass is 10.2. The van der Waals surface area contributed by atoms with E-state index in [1.54, 1.807) is 4.90 Å². The monoisotopic (exact) mass is 312 g/mol. The van der Waals surface area contributed by atoms with Crippen LogP contribution in [-0.2, 0) is 11.3 Å². The second-order valence-electron chi connectivity index (χ2n) is 4.57. The second kappa shape index (κ2) is 7.54. The average molecular weight is 313 g/mol. The first-order chi connectivity index (χ1) is 8.52. The van der Waals surface area contributed by atoms with Crippen LogP contribution in [0.15, 0.2) is 28.7 Å². The summed E-state index contributed by atoms with van der Waals surface area (Å²) in [5, 5.41) is 3.21. The highest BCUT2D eigenvalue weighted by molar-refractivity contribution is 9.10. The molecule has 18 heavy (non-hydrogen) atoms. The highest BCUT2D eigenvalue weighted by Crippen LogP contribution is 2.11. The number of nitrogens with one attached hydrogen (secondary N) is 1. The van der Waals surface area contributed by atoms with Gasteiger partial charge in [0, 0.05) is 24.1 Å². The van der Waals surface area contributed by atoms with Gasteiger partial charge in [-0.15, -0.1) is 0 Å². The Balaban J connectivity index is 2.42. The summed E-state index contributed by atoms with van der Waals surface area (Å²) in [6, 6.07) is 8.41. The first-order valence-electron chi connectivity index (χ1n) is 6.24. The maximum atomic E-state index is 11.9. The van der Waals surface area contributed by atoms with Gasteiger partial charge in [0.1, 0.15) is 0 Å². The molecule has 0 aliphatic heterocycles. The number of amides is 1. The van der Waals surface area contributed by atoms with E-state index in [0.29, 0.717) is 19.1 Å². The normalized spacial score (nSPS) is 12.2. The van der Waals surface area contributed by atoms with E-state index in [4.69, 9.17) is 0 Å². The van der Waals surface area contributed by atoms with Crippen LogP contribution in [0.1, 0.15) is 25.8 Å². The standard InChI is InChI=1S/C14H21BrN2O/c1-4-11(2)16-9-14(18)17(3)10-12-5-7-13(15)8-6-12/h5-8,11,16H,4,9-10H2,1-3H3. The van der Waals surface area contributed by atoms with E-state index < -0.39 is 0 Å². The molecule has 4 heteroatoms. The number of hydrogen-bond acceptors (Lipinski definition) is 2. The number of carbonyl (C=O) groups excluding carboxylic acids is 1. The Bertz CT molecular complexity index is 378. The van der Waals surface area contributed by atoms with Gasteiger partial charge in [-0.3, -0.25) is 4.79 Å². The number of halogens is 1. The summed E-state index contributed by atoms with van der Waals surface area (Å²) in [6.45, 7) is 5.24. The van der Waals surface area contributed by atoms with Gasteiger partial charge in [0.2, 0.25) is 5.91 Å². The molecule has 1 amide bonds. The number of carbonyl (C=O) groups is 1. The van der Waals surface area contributed by atoms with Gasteiger partial charge in [-0.1, -0.05) is 35.0 Å². The molecule has 1 aromatic carbocycles. The van der Waals surface area contributed by atoms with Gasteiger partial charge in [0.25, 0.3) is 0 Å². The van der Waals surface area contributed by atoms with Gasteiger partial charge in [0.15, 0.2) is 0 Å². The molecule has 0 spiro atoms. The molecule has 0 aliphatic carbocycles. The van der Waals surface area contributed by atoms with Crippen LogP contribution < -0.4 is 5.32 Å². The van der Waals surface area contributed by atoms with Crippen LogP contribution in [-0.4, -0.2) is 30.4 Å². The molecule has 1 rings (SSSR count). The molecule has 0 saturated carbocycles. The van der Waals surface area contributed by atoms with Crippen molar-refractivity contribution in [3.05, 3.63) is 34.3 Å². The fourth-order valence-electron chi connectivity index (χ4n) is 1.49. The largest absolute Gasteiger partial charge is 0.340 e. The molecule has 0 radical (unpaired) electrons. The average Bonchev–Trinajstić information content (AvgIpc) is 2.38. The fourth-order valence-corrected chi connectivity index (χ4v) is 1.76. The third-order valence-corrected chi connectivity index (χ3v) is 3.50. The van der Waals surface area contributed by atoms with Crippen LogP contribution in [0, 0.1) is 0 Å². The van der Waals surface area contributed by atoms with Gasteiger partial charge in [0.05, 0.1) is 6.54 Å². The third kappa shape index (κ3) is 5.19. The number of benzene rings is 1. The summed E-state index contributed by atoms with van der Waals surface area (Å²) < 4.78 is 1.05. The minimum absolute atomic E-state index is 0.123. The SMILES string of the molecule is CCC(C)NCC(=O)N(C)Cc1ccc(Br)cc1. The van der Waals surface area contributed by atoms with Crippen LogP contribution in [0.2, 0.25) is 0 Å². The minimum Gasteiger partial charge on any atom is -0.340 e. The van der Waals surface area contributed by atoms with Gasteiger partial charge in [-0.25, -0.2) is 0 Å². The van der Waals surface area contributed by atoms with Crippen molar-refractivity contribution in [2.75, 3.05) is 13.6 Å².